The first-order valence-electron chi connectivity index (χ1n) is 10.2. The second-order valence-electron chi connectivity index (χ2n) is 7.45. The van der Waals surface area contributed by atoms with Gasteiger partial charge in [-0.2, -0.15) is 0 Å². The summed E-state index contributed by atoms with van der Waals surface area (Å²) in [7, 11) is 0. The van der Waals surface area contributed by atoms with Crippen LogP contribution in [-0.4, -0.2) is 56.5 Å². The lowest BCUT2D eigenvalue weighted by Gasteiger charge is -2.35. The number of aromatic amines is 1. The lowest BCUT2D eigenvalue weighted by molar-refractivity contribution is -0.131. The van der Waals surface area contributed by atoms with Gasteiger partial charge in [0.15, 0.2) is 0 Å². The zero-order chi connectivity index (χ0) is 21.8. The molecule has 1 aromatic carbocycles. The third-order valence-electron chi connectivity index (χ3n) is 5.31. The molecule has 0 unspecified atom stereocenters. The van der Waals surface area contributed by atoms with Gasteiger partial charge in [0.1, 0.15) is 11.6 Å². The molecule has 0 aliphatic carbocycles. The number of piperazine rings is 1. The number of aromatic nitrogens is 4. The van der Waals surface area contributed by atoms with Crippen molar-refractivity contribution in [2.75, 3.05) is 31.1 Å². The average Bonchev–Trinajstić information content (AvgIpc) is 2.78. The average molecular weight is 420 g/mol. The fourth-order valence-electron chi connectivity index (χ4n) is 3.65. The third-order valence-corrected chi connectivity index (χ3v) is 5.31. The van der Waals surface area contributed by atoms with Crippen molar-refractivity contribution in [3.63, 3.8) is 0 Å². The summed E-state index contributed by atoms with van der Waals surface area (Å²) in [6, 6.07) is 13.3. The Morgan fingerprint density at radius 3 is 2.48 bits per heavy atom. The van der Waals surface area contributed by atoms with Crippen LogP contribution in [0, 0.1) is 6.92 Å². The third kappa shape index (κ3) is 4.88. The largest absolute Gasteiger partial charge is 0.353 e. The van der Waals surface area contributed by atoms with Gasteiger partial charge in [-0.15, -0.1) is 0 Å². The summed E-state index contributed by atoms with van der Waals surface area (Å²) >= 11 is 0. The summed E-state index contributed by atoms with van der Waals surface area (Å²) in [4.78, 5) is 50.8. The number of amides is 1. The zero-order valence-corrected chi connectivity index (χ0v) is 17.3. The van der Waals surface area contributed by atoms with Crippen molar-refractivity contribution in [2.24, 2.45) is 0 Å². The monoisotopic (exact) mass is 420 g/mol. The van der Waals surface area contributed by atoms with Gasteiger partial charge in [-0.3, -0.25) is 14.6 Å². The van der Waals surface area contributed by atoms with E-state index in [2.05, 4.69) is 19.9 Å². The van der Waals surface area contributed by atoms with Gasteiger partial charge in [-0.05, 0) is 6.92 Å². The Kier molecular flexibility index (Phi) is 5.92. The van der Waals surface area contributed by atoms with E-state index in [0.29, 0.717) is 32.0 Å². The van der Waals surface area contributed by atoms with E-state index in [-0.39, 0.29) is 18.9 Å². The molecule has 0 atom stereocenters. The number of rotatable bonds is 5. The van der Waals surface area contributed by atoms with Crippen LogP contribution in [0.3, 0.4) is 0 Å². The molecule has 1 aliphatic heterocycles. The molecule has 1 amide bonds. The zero-order valence-electron chi connectivity index (χ0n) is 17.3. The van der Waals surface area contributed by atoms with Gasteiger partial charge in [0.05, 0.1) is 5.69 Å². The number of carbonyl (C=O) groups is 1. The van der Waals surface area contributed by atoms with Crippen LogP contribution in [0.4, 0.5) is 5.82 Å². The molecule has 3 heterocycles. The summed E-state index contributed by atoms with van der Waals surface area (Å²) in [5.41, 5.74) is 0.978. The molecule has 9 nitrogen and oxygen atoms in total. The van der Waals surface area contributed by atoms with Crippen molar-refractivity contribution >= 4 is 11.7 Å². The fraction of sp³-hybridized carbons (Fsp3) is 0.318. The van der Waals surface area contributed by atoms with E-state index in [9.17, 15) is 14.4 Å². The van der Waals surface area contributed by atoms with Crippen LogP contribution in [0.15, 0.2) is 58.3 Å². The molecule has 4 rings (SSSR count). The molecule has 2 aromatic heterocycles. The van der Waals surface area contributed by atoms with Crippen molar-refractivity contribution in [1.29, 1.82) is 0 Å². The van der Waals surface area contributed by atoms with Crippen LogP contribution in [0.5, 0.6) is 0 Å². The lowest BCUT2D eigenvalue weighted by atomic mass is 10.1. The Labute approximate surface area is 179 Å². The first-order chi connectivity index (χ1) is 15.0. The van der Waals surface area contributed by atoms with Crippen LogP contribution in [0.2, 0.25) is 0 Å². The number of benzene rings is 1. The van der Waals surface area contributed by atoms with Crippen molar-refractivity contribution in [3.8, 4) is 11.3 Å². The smallest absolute Gasteiger partial charge is 0.328 e. The number of nitrogens with one attached hydrogen (secondary N) is 1. The van der Waals surface area contributed by atoms with Crippen LogP contribution in [-0.2, 0) is 11.3 Å². The minimum Gasteiger partial charge on any atom is -0.353 e. The maximum atomic E-state index is 12.6. The molecular weight excluding hydrogens is 396 g/mol. The van der Waals surface area contributed by atoms with Crippen LogP contribution < -0.4 is 16.1 Å². The first kappa shape index (κ1) is 20.5. The molecule has 1 aliphatic rings. The van der Waals surface area contributed by atoms with Gasteiger partial charge < -0.3 is 14.4 Å². The summed E-state index contributed by atoms with van der Waals surface area (Å²) in [6.07, 6.45) is 1.62. The quantitative estimate of drug-likeness (QED) is 0.661. The summed E-state index contributed by atoms with van der Waals surface area (Å²) in [5, 5.41) is 0. The van der Waals surface area contributed by atoms with Crippen LogP contribution in [0.25, 0.3) is 11.3 Å². The standard InChI is InChI=1S/C22H24N6O3/c1-16-23-18(17-5-3-2-4-6-17)15-19(24-16)26-11-13-27(14-12-26)21(30)8-10-28-9-7-20(29)25-22(28)31/h2-7,9,15H,8,10-14H2,1H3,(H,25,29,31). The highest BCUT2D eigenvalue weighted by atomic mass is 16.2. The van der Waals surface area contributed by atoms with E-state index in [1.54, 1.807) is 4.90 Å². The van der Waals surface area contributed by atoms with Gasteiger partial charge in [-0.25, -0.2) is 14.8 Å². The number of aryl methyl sites for hydroxylation is 2. The van der Waals surface area contributed by atoms with E-state index in [1.165, 1.54) is 16.8 Å². The van der Waals surface area contributed by atoms with Gasteiger partial charge in [0.2, 0.25) is 5.91 Å². The Balaban J connectivity index is 1.37. The van der Waals surface area contributed by atoms with E-state index in [1.807, 2.05) is 43.3 Å². The number of anilines is 1. The molecule has 1 N–H and O–H groups in total. The Hall–Kier alpha value is -3.75. The molecule has 31 heavy (non-hydrogen) atoms. The SMILES string of the molecule is Cc1nc(-c2ccccc2)cc(N2CCN(C(=O)CCn3ccc(=O)[nH]c3=O)CC2)n1. The number of carbonyl (C=O) groups excluding carboxylic acids is 1. The van der Waals surface area contributed by atoms with E-state index in [0.717, 1.165) is 17.1 Å². The predicted octanol–water partition coefficient (Wildman–Crippen LogP) is 1.04. The van der Waals surface area contributed by atoms with Crippen molar-refractivity contribution in [2.45, 2.75) is 19.9 Å². The summed E-state index contributed by atoms with van der Waals surface area (Å²) in [5.74, 6) is 1.56. The molecule has 3 aromatic rings. The van der Waals surface area contributed by atoms with Crippen molar-refractivity contribution in [1.82, 2.24) is 24.4 Å². The maximum absolute atomic E-state index is 12.6. The predicted molar refractivity (Wildman–Crippen MR) is 117 cm³/mol. The normalized spacial score (nSPS) is 14.0. The van der Waals surface area contributed by atoms with Crippen molar-refractivity contribution < 1.29 is 4.79 Å². The van der Waals surface area contributed by atoms with Gasteiger partial charge in [-0.1, -0.05) is 30.3 Å². The fourth-order valence-corrected chi connectivity index (χ4v) is 3.65. The number of hydrogen-bond acceptors (Lipinski definition) is 6. The van der Waals surface area contributed by atoms with Gasteiger partial charge in [0.25, 0.3) is 5.56 Å². The maximum Gasteiger partial charge on any atom is 0.328 e. The molecule has 0 spiro atoms. The Morgan fingerprint density at radius 1 is 1.03 bits per heavy atom. The van der Waals surface area contributed by atoms with E-state index >= 15 is 0 Å². The summed E-state index contributed by atoms with van der Waals surface area (Å²) in [6.45, 7) is 4.64. The molecule has 1 fully saturated rings. The van der Waals surface area contributed by atoms with Crippen LogP contribution in [0.1, 0.15) is 12.2 Å². The van der Waals surface area contributed by atoms with E-state index < -0.39 is 11.2 Å². The second-order valence-corrected chi connectivity index (χ2v) is 7.45. The lowest BCUT2D eigenvalue weighted by Crippen LogP contribution is -2.49. The molecule has 0 radical (unpaired) electrons. The molecule has 160 valence electrons. The second kappa shape index (κ2) is 8.95. The highest BCUT2D eigenvalue weighted by molar-refractivity contribution is 5.76. The molecule has 9 heteroatoms. The van der Waals surface area contributed by atoms with Crippen molar-refractivity contribution in [3.05, 3.63) is 75.3 Å². The minimum absolute atomic E-state index is 0.0124. The number of H-pyrrole nitrogens is 1. The highest BCUT2D eigenvalue weighted by Gasteiger charge is 2.22. The Morgan fingerprint density at radius 2 is 1.77 bits per heavy atom. The van der Waals surface area contributed by atoms with Gasteiger partial charge in [0, 0.05) is 63.0 Å². The molecule has 1 saturated heterocycles. The topological polar surface area (TPSA) is 104 Å². The highest BCUT2D eigenvalue weighted by Crippen LogP contribution is 2.22. The number of hydrogen-bond donors (Lipinski definition) is 1. The number of nitrogens with zero attached hydrogens (tertiary/aromatic N) is 5. The van der Waals surface area contributed by atoms with Gasteiger partial charge >= 0.3 is 5.69 Å². The molecule has 0 bridgehead atoms. The van der Waals surface area contributed by atoms with E-state index in [4.69, 9.17) is 0 Å². The first-order valence-corrected chi connectivity index (χ1v) is 10.2. The Bertz CT molecular complexity index is 1180. The minimum atomic E-state index is -0.501. The molecular formula is C22H24N6O3. The molecule has 0 saturated carbocycles. The van der Waals surface area contributed by atoms with Crippen LogP contribution >= 0.6 is 0 Å². The summed E-state index contributed by atoms with van der Waals surface area (Å²) < 4.78 is 1.34.